The summed E-state index contributed by atoms with van der Waals surface area (Å²) in [5.74, 6) is 0.400. The third-order valence-corrected chi connectivity index (χ3v) is 4.70. The minimum absolute atomic E-state index is 0.145. The van der Waals surface area contributed by atoms with E-state index < -0.39 is 10.0 Å². The summed E-state index contributed by atoms with van der Waals surface area (Å²) in [7, 11) is -3.71. The van der Waals surface area contributed by atoms with E-state index >= 15 is 0 Å². The number of sulfonamides is 1. The van der Waals surface area contributed by atoms with Crippen molar-refractivity contribution in [1.29, 1.82) is 0 Å². The maximum Gasteiger partial charge on any atom is 0.276 e. The number of aryl methyl sites for hydroxylation is 1. The Kier molecular flexibility index (Phi) is 5.28. The molecule has 1 heterocycles. The van der Waals surface area contributed by atoms with Gasteiger partial charge >= 0.3 is 0 Å². The predicted molar refractivity (Wildman–Crippen MR) is 101 cm³/mol. The molecule has 1 N–H and O–H groups in total. The highest BCUT2D eigenvalue weighted by atomic mass is 32.2. The van der Waals surface area contributed by atoms with Crippen LogP contribution < -0.4 is 4.83 Å². The van der Waals surface area contributed by atoms with Gasteiger partial charge in [0, 0.05) is 6.08 Å². The highest BCUT2D eigenvalue weighted by molar-refractivity contribution is 7.89. The first-order valence-electron chi connectivity index (χ1n) is 7.83. The number of hydrogen-bond acceptors (Lipinski definition) is 5. The molecule has 26 heavy (non-hydrogen) atoms. The zero-order chi connectivity index (χ0) is 18.4. The third-order valence-electron chi connectivity index (χ3n) is 3.46. The molecule has 1 aromatic heterocycles. The summed E-state index contributed by atoms with van der Waals surface area (Å²) in [6.45, 7) is 1.89. The SMILES string of the molecule is Cc1ccc(S(=O)(=O)NN=Cc2coc(C=Cc3ccccc3)n2)cc1. The molecule has 0 unspecified atom stereocenters. The Balaban J connectivity index is 1.63. The van der Waals surface area contributed by atoms with Crippen LogP contribution in [0, 0.1) is 6.92 Å². The molecule has 0 radical (unpaired) electrons. The van der Waals surface area contributed by atoms with Crippen molar-refractivity contribution in [2.24, 2.45) is 5.10 Å². The Morgan fingerprint density at radius 1 is 1.04 bits per heavy atom. The monoisotopic (exact) mass is 367 g/mol. The van der Waals surface area contributed by atoms with Gasteiger partial charge in [0.05, 0.1) is 11.1 Å². The maximum atomic E-state index is 12.1. The van der Waals surface area contributed by atoms with E-state index in [2.05, 4.69) is 14.9 Å². The maximum absolute atomic E-state index is 12.1. The molecule has 0 amide bonds. The predicted octanol–water partition coefficient (Wildman–Crippen LogP) is 3.47. The first-order valence-corrected chi connectivity index (χ1v) is 9.31. The van der Waals surface area contributed by atoms with Gasteiger partial charge in [-0.3, -0.25) is 0 Å². The average Bonchev–Trinajstić information content (AvgIpc) is 3.09. The van der Waals surface area contributed by atoms with Gasteiger partial charge in [-0.2, -0.15) is 13.5 Å². The van der Waals surface area contributed by atoms with Crippen molar-refractivity contribution in [1.82, 2.24) is 9.82 Å². The van der Waals surface area contributed by atoms with E-state index in [-0.39, 0.29) is 4.90 Å². The van der Waals surface area contributed by atoms with Crippen molar-refractivity contribution >= 4 is 28.4 Å². The highest BCUT2D eigenvalue weighted by Gasteiger charge is 2.11. The molecule has 0 aliphatic heterocycles. The third kappa shape index (κ3) is 4.67. The smallest absolute Gasteiger partial charge is 0.276 e. The van der Waals surface area contributed by atoms with Crippen LogP contribution in [0.25, 0.3) is 12.2 Å². The van der Waals surface area contributed by atoms with Gasteiger partial charge in [0.2, 0.25) is 5.89 Å². The molecule has 7 heteroatoms. The molecule has 3 aromatic rings. The fourth-order valence-electron chi connectivity index (χ4n) is 2.10. The normalized spacial score (nSPS) is 12.0. The minimum atomic E-state index is -3.71. The lowest BCUT2D eigenvalue weighted by molar-refractivity contribution is 0.546. The number of benzene rings is 2. The van der Waals surface area contributed by atoms with E-state index in [0.717, 1.165) is 11.1 Å². The van der Waals surface area contributed by atoms with Crippen LogP contribution in [0.5, 0.6) is 0 Å². The second-order valence-corrected chi connectivity index (χ2v) is 7.18. The lowest BCUT2D eigenvalue weighted by Crippen LogP contribution is -2.18. The molecule has 6 nitrogen and oxygen atoms in total. The molecule has 0 atom stereocenters. The largest absolute Gasteiger partial charge is 0.444 e. The topological polar surface area (TPSA) is 84.6 Å². The van der Waals surface area contributed by atoms with Gasteiger partial charge in [-0.1, -0.05) is 48.0 Å². The van der Waals surface area contributed by atoms with Crippen molar-refractivity contribution in [3.8, 4) is 0 Å². The number of rotatable bonds is 6. The molecular formula is C19H17N3O3S. The molecule has 3 rings (SSSR count). The number of aromatic nitrogens is 1. The second kappa shape index (κ2) is 7.79. The first-order chi connectivity index (χ1) is 12.5. The molecule has 0 fully saturated rings. The lowest BCUT2D eigenvalue weighted by Gasteiger charge is -2.02. The zero-order valence-electron chi connectivity index (χ0n) is 14.0. The molecule has 2 aromatic carbocycles. The van der Waals surface area contributed by atoms with E-state index in [1.54, 1.807) is 18.2 Å². The standard InChI is InChI=1S/C19H17N3O3S/c1-15-7-10-18(11-8-15)26(23,24)22-20-13-17-14-25-19(21-17)12-9-16-5-3-2-4-6-16/h2-14,22H,1H3. The van der Waals surface area contributed by atoms with Crippen LogP contribution in [0.1, 0.15) is 22.7 Å². The van der Waals surface area contributed by atoms with Crippen molar-refractivity contribution in [2.75, 3.05) is 0 Å². The van der Waals surface area contributed by atoms with E-state index in [0.29, 0.717) is 11.6 Å². The van der Waals surface area contributed by atoms with Crippen LogP contribution in [-0.4, -0.2) is 19.6 Å². The summed E-state index contributed by atoms with van der Waals surface area (Å²) in [5.41, 5.74) is 2.40. The summed E-state index contributed by atoms with van der Waals surface area (Å²) in [6.07, 6.45) is 6.28. The summed E-state index contributed by atoms with van der Waals surface area (Å²) in [6, 6.07) is 16.2. The van der Waals surface area contributed by atoms with E-state index in [1.807, 2.05) is 43.3 Å². The van der Waals surface area contributed by atoms with E-state index in [1.165, 1.54) is 24.6 Å². The van der Waals surface area contributed by atoms with Crippen LogP contribution in [0.3, 0.4) is 0 Å². The quantitative estimate of drug-likeness (QED) is 0.534. The van der Waals surface area contributed by atoms with Crippen molar-refractivity contribution < 1.29 is 12.8 Å². The van der Waals surface area contributed by atoms with E-state index in [9.17, 15) is 8.42 Å². The molecule has 0 saturated carbocycles. The van der Waals surface area contributed by atoms with Crippen LogP contribution >= 0.6 is 0 Å². The molecule has 0 aliphatic carbocycles. The van der Waals surface area contributed by atoms with Crippen LogP contribution in [0.4, 0.5) is 0 Å². The van der Waals surface area contributed by atoms with Gasteiger partial charge < -0.3 is 4.42 Å². The zero-order valence-corrected chi connectivity index (χ0v) is 14.8. The van der Waals surface area contributed by atoms with E-state index in [4.69, 9.17) is 4.42 Å². The Morgan fingerprint density at radius 2 is 1.77 bits per heavy atom. The molecular weight excluding hydrogens is 350 g/mol. The molecule has 0 spiro atoms. The highest BCUT2D eigenvalue weighted by Crippen LogP contribution is 2.10. The Morgan fingerprint density at radius 3 is 2.50 bits per heavy atom. The lowest BCUT2D eigenvalue weighted by atomic mass is 10.2. The van der Waals surface area contributed by atoms with Crippen LogP contribution in [-0.2, 0) is 10.0 Å². The number of hydrazone groups is 1. The van der Waals surface area contributed by atoms with Gasteiger partial charge in [-0.25, -0.2) is 9.82 Å². The van der Waals surface area contributed by atoms with Gasteiger partial charge in [0.25, 0.3) is 10.0 Å². The van der Waals surface area contributed by atoms with Crippen LogP contribution in [0.2, 0.25) is 0 Å². The minimum Gasteiger partial charge on any atom is -0.444 e. The van der Waals surface area contributed by atoms with Gasteiger partial charge in [0.1, 0.15) is 12.0 Å². The number of hydrogen-bond donors (Lipinski definition) is 1. The van der Waals surface area contributed by atoms with Crippen molar-refractivity contribution in [3.05, 3.63) is 83.6 Å². The van der Waals surface area contributed by atoms with Crippen molar-refractivity contribution in [2.45, 2.75) is 11.8 Å². The summed E-state index contributed by atoms with van der Waals surface area (Å²) in [4.78, 5) is 6.49. The second-order valence-electron chi connectivity index (χ2n) is 5.52. The summed E-state index contributed by atoms with van der Waals surface area (Å²) < 4.78 is 29.5. The Hall–Kier alpha value is -3.19. The molecule has 132 valence electrons. The molecule has 0 saturated heterocycles. The fraction of sp³-hybridized carbons (Fsp3) is 0.0526. The summed E-state index contributed by atoms with van der Waals surface area (Å²) >= 11 is 0. The Bertz CT molecular complexity index is 1020. The number of nitrogens with one attached hydrogen (secondary N) is 1. The van der Waals surface area contributed by atoms with Crippen molar-refractivity contribution in [3.63, 3.8) is 0 Å². The first kappa shape index (κ1) is 17.6. The van der Waals surface area contributed by atoms with Crippen LogP contribution in [0.15, 0.2) is 75.3 Å². The van der Waals surface area contributed by atoms with Gasteiger partial charge in [0.15, 0.2) is 0 Å². The molecule has 0 bridgehead atoms. The van der Waals surface area contributed by atoms with Gasteiger partial charge in [-0.05, 0) is 30.7 Å². The Labute approximate surface area is 152 Å². The average molecular weight is 367 g/mol. The number of nitrogens with zero attached hydrogens (tertiary/aromatic N) is 2. The summed E-state index contributed by atoms with van der Waals surface area (Å²) in [5, 5.41) is 3.73. The molecule has 0 aliphatic rings. The van der Waals surface area contributed by atoms with Gasteiger partial charge in [-0.15, -0.1) is 0 Å². The number of oxazole rings is 1. The fourth-order valence-corrected chi connectivity index (χ4v) is 2.89.